The van der Waals surface area contributed by atoms with Crippen LogP contribution in [0.3, 0.4) is 0 Å². The molecule has 0 aliphatic rings. The van der Waals surface area contributed by atoms with Gasteiger partial charge in [0.1, 0.15) is 11.2 Å². The van der Waals surface area contributed by atoms with E-state index in [1.165, 1.54) is 60.1 Å². The zero-order valence-electron chi connectivity index (χ0n) is 30.6. The Labute approximate surface area is 325 Å². The van der Waals surface area contributed by atoms with Crippen molar-refractivity contribution in [3.63, 3.8) is 0 Å². The van der Waals surface area contributed by atoms with Gasteiger partial charge in [0.15, 0.2) is 0 Å². The molecule has 10 aromatic carbocycles. The summed E-state index contributed by atoms with van der Waals surface area (Å²) in [6.45, 7) is 0. The molecule has 0 radical (unpaired) electrons. The normalized spacial score (nSPS) is 11.6. The van der Waals surface area contributed by atoms with E-state index in [-0.39, 0.29) is 0 Å². The molecule has 56 heavy (non-hydrogen) atoms. The molecule has 0 spiro atoms. The number of nitrogens with zero attached hydrogens (tertiary/aromatic N) is 1. The summed E-state index contributed by atoms with van der Waals surface area (Å²) >= 11 is 0. The van der Waals surface area contributed by atoms with E-state index >= 15 is 0 Å². The minimum Gasteiger partial charge on any atom is -0.456 e. The summed E-state index contributed by atoms with van der Waals surface area (Å²) in [5, 5.41) is 9.78. The summed E-state index contributed by atoms with van der Waals surface area (Å²) in [6, 6.07) is 76.5. The predicted octanol–water partition coefficient (Wildman–Crippen LogP) is 15.5. The van der Waals surface area contributed by atoms with Crippen LogP contribution in [0.25, 0.3) is 87.6 Å². The Morgan fingerprint density at radius 3 is 1.66 bits per heavy atom. The molecule has 0 atom stereocenters. The molecule has 0 aliphatic carbocycles. The van der Waals surface area contributed by atoms with Gasteiger partial charge in [-0.1, -0.05) is 164 Å². The van der Waals surface area contributed by atoms with E-state index in [1.807, 2.05) is 12.1 Å². The monoisotopic (exact) mass is 713 g/mol. The molecule has 0 N–H and O–H groups in total. The van der Waals surface area contributed by atoms with Gasteiger partial charge >= 0.3 is 0 Å². The third kappa shape index (κ3) is 5.42. The number of hydrogen-bond donors (Lipinski definition) is 0. The van der Waals surface area contributed by atoms with Crippen LogP contribution in [0.1, 0.15) is 0 Å². The van der Waals surface area contributed by atoms with E-state index in [0.29, 0.717) is 0 Å². The molecule has 11 aromatic rings. The molecule has 0 fully saturated rings. The van der Waals surface area contributed by atoms with Crippen LogP contribution in [-0.2, 0) is 0 Å². The molecule has 0 bridgehead atoms. The van der Waals surface area contributed by atoms with Gasteiger partial charge in [0.05, 0.1) is 11.1 Å². The van der Waals surface area contributed by atoms with Gasteiger partial charge in [0.25, 0.3) is 0 Å². The second-order valence-electron chi connectivity index (χ2n) is 14.5. The van der Waals surface area contributed by atoms with Gasteiger partial charge in [-0.3, -0.25) is 0 Å². The standard InChI is InChI=1S/C54H35NO/c1-3-15-46-38(10-1)12-8-18-47(46)40-30-32-44(33-31-40)55(51-19-9-21-53-54(51)49-17-5-6-20-52(49)56-53)45-14-7-13-42(34-45)36-22-24-37(25-23-36)43-29-28-41-27-26-39-11-2-4-16-48(39)50(41)35-43/h1-35H. The number of furan rings is 1. The molecule has 11 rings (SSSR count). The fourth-order valence-corrected chi connectivity index (χ4v) is 8.50. The lowest BCUT2D eigenvalue weighted by atomic mass is 9.96. The van der Waals surface area contributed by atoms with Crippen molar-refractivity contribution in [2.75, 3.05) is 4.90 Å². The molecule has 0 saturated heterocycles. The molecule has 0 unspecified atom stereocenters. The van der Waals surface area contributed by atoms with Gasteiger partial charge < -0.3 is 9.32 Å². The maximum absolute atomic E-state index is 6.39. The highest BCUT2D eigenvalue weighted by molar-refractivity contribution is 6.13. The van der Waals surface area contributed by atoms with Crippen LogP contribution in [0, 0.1) is 0 Å². The van der Waals surface area contributed by atoms with Crippen molar-refractivity contribution in [3.8, 4) is 33.4 Å². The van der Waals surface area contributed by atoms with Crippen molar-refractivity contribution in [2.45, 2.75) is 0 Å². The fourth-order valence-electron chi connectivity index (χ4n) is 8.50. The van der Waals surface area contributed by atoms with Crippen molar-refractivity contribution in [1.82, 2.24) is 0 Å². The van der Waals surface area contributed by atoms with Gasteiger partial charge in [0.2, 0.25) is 0 Å². The van der Waals surface area contributed by atoms with Crippen LogP contribution < -0.4 is 4.90 Å². The third-order valence-corrected chi connectivity index (χ3v) is 11.3. The van der Waals surface area contributed by atoms with Crippen LogP contribution in [0.4, 0.5) is 17.1 Å². The highest BCUT2D eigenvalue weighted by Gasteiger charge is 2.20. The highest BCUT2D eigenvalue weighted by atomic mass is 16.3. The van der Waals surface area contributed by atoms with Gasteiger partial charge in [-0.05, 0) is 114 Å². The molecular weight excluding hydrogens is 679 g/mol. The Morgan fingerprint density at radius 2 is 0.857 bits per heavy atom. The van der Waals surface area contributed by atoms with Crippen molar-refractivity contribution in [1.29, 1.82) is 0 Å². The van der Waals surface area contributed by atoms with Gasteiger partial charge in [-0.15, -0.1) is 0 Å². The van der Waals surface area contributed by atoms with Crippen molar-refractivity contribution >= 4 is 71.3 Å². The number of anilines is 3. The van der Waals surface area contributed by atoms with Gasteiger partial charge in [-0.2, -0.15) is 0 Å². The Balaban J connectivity index is 1.01. The van der Waals surface area contributed by atoms with E-state index in [9.17, 15) is 0 Å². The number of benzene rings is 10. The number of rotatable bonds is 6. The SMILES string of the molecule is c1cc(-c2ccc(-c3ccc4ccc5ccccc5c4c3)cc2)cc(N(c2ccc(-c3cccc4ccccc34)cc2)c2cccc3oc4ccccc4c23)c1. The lowest BCUT2D eigenvalue weighted by Crippen LogP contribution is -2.10. The first-order valence-corrected chi connectivity index (χ1v) is 19.2. The van der Waals surface area contributed by atoms with Gasteiger partial charge in [0, 0.05) is 16.8 Å². The molecule has 1 aromatic heterocycles. The molecule has 2 heteroatoms. The smallest absolute Gasteiger partial charge is 0.137 e. The molecule has 1 heterocycles. The van der Waals surface area contributed by atoms with Gasteiger partial charge in [-0.25, -0.2) is 0 Å². The van der Waals surface area contributed by atoms with Crippen LogP contribution in [-0.4, -0.2) is 0 Å². The molecule has 262 valence electrons. The van der Waals surface area contributed by atoms with Crippen LogP contribution in [0.2, 0.25) is 0 Å². The molecule has 2 nitrogen and oxygen atoms in total. The highest BCUT2D eigenvalue weighted by Crippen LogP contribution is 2.44. The first kappa shape index (κ1) is 32.0. The largest absolute Gasteiger partial charge is 0.456 e. The van der Waals surface area contributed by atoms with Crippen molar-refractivity contribution in [2.24, 2.45) is 0 Å². The Hall–Kier alpha value is -7.42. The van der Waals surface area contributed by atoms with Crippen LogP contribution in [0.15, 0.2) is 217 Å². The first-order chi connectivity index (χ1) is 27.7. The molecule has 0 aliphatic heterocycles. The molecule has 0 amide bonds. The Bertz CT molecular complexity index is 3240. The average molecular weight is 714 g/mol. The lowest BCUT2D eigenvalue weighted by Gasteiger charge is -2.27. The molecule has 0 saturated carbocycles. The van der Waals surface area contributed by atoms with Crippen molar-refractivity contribution in [3.05, 3.63) is 212 Å². The Morgan fingerprint density at radius 1 is 0.304 bits per heavy atom. The van der Waals surface area contributed by atoms with E-state index in [0.717, 1.165) is 44.6 Å². The zero-order chi connectivity index (χ0) is 37.0. The first-order valence-electron chi connectivity index (χ1n) is 19.2. The average Bonchev–Trinajstić information content (AvgIpc) is 3.66. The second-order valence-corrected chi connectivity index (χ2v) is 14.5. The van der Waals surface area contributed by atoms with E-state index in [4.69, 9.17) is 4.42 Å². The van der Waals surface area contributed by atoms with E-state index in [2.05, 4.69) is 205 Å². The maximum Gasteiger partial charge on any atom is 0.137 e. The maximum atomic E-state index is 6.39. The minimum atomic E-state index is 0.870. The molecular formula is C54H35NO. The number of hydrogen-bond acceptors (Lipinski definition) is 2. The summed E-state index contributed by atoms with van der Waals surface area (Å²) in [4.78, 5) is 2.37. The van der Waals surface area contributed by atoms with E-state index in [1.54, 1.807) is 0 Å². The summed E-state index contributed by atoms with van der Waals surface area (Å²) in [7, 11) is 0. The minimum absolute atomic E-state index is 0.870. The van der Waals surface area contributed by atoms with Crippen molar-refractivity contribution < 1.29 is 4.42 Å². The number of para-hydroxylation sites is 1. The number of fused-ring (bicyclic) bond motifs is 7. The topological polar surface area (TPSA) is 16.4 Å². The summed E-state index contributed by atoms with van der Waals surface area (Å²) in [5.74, 6) is 0. The third-order valence-electron chi connectivity index (χ3n) is 11.3. The van der Waals surface area contributed by atoms with E-state index < -0.39 is 0 Å². The summed E-state index contributed by atoms with van der Waals surface area (Å²) in [5.41, 5.74) is 12.1. The fraction of sp³-hybridized carbons (Fsp3) is 0. The van der Waals surface area contributed by atoms with Crippen LogP contribution >= 0.6 is 0 Å². The lowest BCUT2D eigenvalue weighted by molar-refractivity contribution is 0.669. The summed E-state index contributed by atoms with van der Waals surface area (Å²) < 4.78 is 6.39. The predicted molar refractivity (Wildman–Crippen MR) is 237 cm³/mol. The second kappa shape index (κ2) is 13.2. The quantitative estimate of drug-likeness (QED) is 0.160. The van der Waals surface area contributed by atoms with Crippen LogP contribution in [0.5, 0.6) is 0 Å². The summed E-state index contributed by atoms with van der Waals surface area (Å²) in [6.07, 6.45) is 0. The zero-order valence-corrected chi connectivity index (χ0v) is 30.6. The Kier molecular flexibility index (Phi) is 7.53.